The number of benzene rings is 1. The summed E-state index contributed by atoms with van der Waals surface area (Å²) in [6.45, 7) is 5.92. The lowest BCUT2D eigenvalue weighted by Gasteiger charge is -2.32. The van der Waals surface area contributed by atoms with Crippen molar-refractivity contribution < 1.29 is 4.74 Å². The van der Waals surface area contributed by atoms with E-state index in [1.54, 1.807) is 0 Å². The molecule has 0 bridgehead atoms. The van der Waals surface area contributed by atoms with Crippen LogP contribution in [-0.4, -0.2) is 56.2 Å². The van der Waals surface area contributed by atoms with E-state index in [0.29, 0.717) is 6.04 Å². The first-order valence-electron chi connectivity index (χ1n) is 7.36. The quantitative estimate of drug-likeness (QED) is 0.641. The van der Waals surface area contributed by atoms with E-state index in [9.17, 15) is 0 Å². The third-order valence-corrected chi connectivity index (χ3v) is 4.96. The summed E-state index contributed by atoms with van der Waals surface area (Å²) in [7, 11) is 0. The molecule has 3 N–H and O–H groups in total. The molecule has 2 heterocycles. The van der Waals surface area contributed by atoms with Gasteiger partial charge in [-0.1, -0.05) is 0 Å². The van der Waals surface area contributed by atoms with Crippen molar-refractivity contribution in [2.75, 3.05) is 44.3 Å². The second-order valence-electron chi connectivity index (χ2n) is 5.62. The largest absolute Gasteiger partial charge is 0.384 e. The summed E-state index contributed by atoms with van der Waals surface area (Å²) >= 11 is 3.61. The van der Waals surface area contributed by atoms with E-state index in [0.717, 1.165) is 49.4 Å². The topological polar surface area (TPSA) is 65.6 Å². The number of halogens is 1. The predicted molar refractivity (Wildman–Crippen MR) is 88.2 cm³/mol. The maximum absolute atomic E-state index is 7.50. The second kappa shape index (κ2) is 6.34. The van der Waals surface area contributed by atoms with Gasteiger partial charge >= 0.3 is 0 Å². The number of anilines is 1. The zero-order valence-corrected chi connectivity index (χ0v) is 13.6. The van der Waals surface area contributed by atoms with E-state index in [1.807, 2.05) is 12.1 Å². The maximum atomic E-state index is 7.50. The first-order chi connectivity index (χ1) is 10.1. The van der Waals surface area contributed by atoms with Crippen molar-refractivity contribution >= 4 is 27.5 Å². The van der Waals surface area contributed by atoms with Crippen molar-refractivity contribution in [3.8, 4) is 0 Å². The van der Waals surface area contributed by atoms with Crippen LogP contribution in [0.3, 0.4) is 0 Å². The molecule has 6 heteroatoms. The Morgan fingerprint density at radius 1 is 1.29 bits per heavy atom. The number of nitrogens with zero attached hydrogens (tertiary/aromatic N) is 2. The van der Waals surface area contributed by atoms with Crippen molar-refractivity contribution in [2.45, 2.75) is 12.5 Å². The standard InChI is InChI=1S/C15H21BrN4O/c16-13-9-11(15(17)18)1-2-14(13)20-4-3-12(10-20)19-5-7-21-8-6-19/h1-2,9,12H,3-8,10H2,(H3,17,18). The lowest BCUT2D eigenvalue weighted by molar-refractivity contribution is 0.0209. The Morgan fingerprint density at radius 3 is 2.71 bits per heavy atom. The molecule has 0 spiro atoms. The number of hydrogen-bond donors (Lipinski definition) is 2. The zero-order chi connectivity index (χ0) is 14.8. The lowest BCUT2D eigenvalue weighted by Crippen LogP contribution is -2.44. The maximum Gasteiger partial charge on any atom is 0.122 e. The van der Waals surface area contributed by atoms with Crippen LogP contribution in [0, 0.1) is 5.41 Å². The molecular weight excluding hydrogens is 332 g/mol. The third-order valence-electron chi connectivity index (χ3n) is 4.32. The molecule has 2 fully saturated rings. The summed E-state index contributed by atoms with van der Waals surface area (Å²) in [5.41, 5.74) is 7.49. The molecule has 2 aliphatic rings. The molecule has 5 nitrogen and oxygen atoms in total. The van der Waals surface area contributed by atoms with E-state index in [-0.39, 0.29) is 5.84 Å². The third kappa shape index (κ3) is 3.22. The van der Waals surface area contributed by atoms with E-state index in [1.165, 1.54) is 12.1 Å². The first kappa shape index (κ1) is 14.8. The average Bonchev–Trinajstić information content (AvgIpc) is 2.97. The minimum Gasteiger partial charge on any atom is -0.384 e. The van der Waals surface area contributed by atoms with Crippen LogP contribution in [0.25, 0.3) is 0 Å². The zero-order valence-electron chi connectivity index (χ0n) is 12.0. The summed E-state index contributed by atoms with van der Waals surface area (Å²) in [6.07, 6.45) is 1.20. The number of hydrogen-bond acceptors (Lipinski definition) is 4. The minimum absolute atomic E-state index is 0.106. The highest BCUT2D eigenvalue weighted by atomic mass is 79.9. The smallest absolute Gasteiger partial charge is 0.122 e. The fourth-order valence-corrected chi connectivity index (χ4v) is 3.76. The Hall–Kier alpha value is -1.11. The molecule has 21 heavy (non-hydrogen) atoms. The fourth-order valence-electron chi connectivity index (χ4n) is 3.13. The SMILES string of the molecule is N=C(N)c1ccc(N2CCC(N3CCOCC3)C2)c(Br)c1. The Balaban J connectivity index is 1.69. The number of nitrogens with one attached hydrogen (secondary N) is 1. The molecule has 3 rings (SSSR count). The van der Waals surface area contributed by atoms with Gasteiger partial charge in [0.05, 0.1) is 18.9 Å². The van der Waals surface area contributed by atoms with Crippen molar-refractivity contribution in [3.63, 3.8) is 0 Å². The molecule has 0 radical (unpaired) electrons. The molecule has 2 aliphatic heterocycles. The van der Waals surface area contributed by atoms with Gasteiger partial charge in [-0.05, 0) is 40.5 Å². The number of rotatable bonds is 3. The highest BCUT2D eigenvalue weighted by Gasteiger charge is 2.29. The molecule has 1 atom stereocenters. The molecule has 1 unspecified atom stereocenters. The Kier molecular flexibility index (Phi) is 4.47. The summed E-state index contributed by atoms with van der Waals surface area (Å²) in [6, 6.07) is 6.53. The molecular formula is C15H21BrN4O. The van der Waals surface area contributed by atoms with Gasteiger partial charge in [0.2, 0.25) is 0 Å². The van der Waals surface area contributed by atoms with Gasteiger partial charge in [0, 0.05) is 42.3 Å². The van der Waals surface area contributed by atoms with E-state index >= 15 is 0 Å². The van der Waals surface area contributed by atoms with Crippen molar-refractivity contribution in [1.82, 2.24) is 4.90 Å². The van der Waals surface area contributed by atoms with Gasteiger partial charge < -0.3 is 15.4 Å². The second-order valence-corrected chi connectivity index (χ2v) is 6.47. The first-order valence-corrected chi connectivity index (χ1v) is 8.15. The Labute approximate surface area is 133 Å². The Bertz CT molecular complexity index is 530. The number of nitrogen functional groups attached to an aromatic ring is 1. The number of nitrogens with two attached hydrogens (primary N) is 1. The van der Waals surface area contributed by atoms with Crippen LogP contribution in [0.4, 0.5) is 5.69 Å². The van der Waals surface area contributed by atoms with Crippen LogP contribution in [0.15, 0.2) is 22.7 Å². The normalized spacial score (nSPS) is 23.5. The van der Waals surface area contributed by atoms with Crippen molar-refractivity contribution in [3.05, 3.63) is 28.2 Å². The van der Waals surface area contributed by atoms with Gasteiger partial charge in [0.15, 0.2) is 0 Å². The van der Waals surface area contributed by atoms with Gasteiger partial charge in [-0.3, -0.25) is 10.3 Å². The van der Waals surface area contributed by atoms with E-state index in [4.69, 9.17) is 15.9 Å². The molecule has 2 saturated heterocycles. The molecule has 0 aromatic heterocycles. The highest BCUT2D eigenvalue weighted by molar-refractivity contribution is 9.10. The van der Waals surface area contributed by atoms with Crippen LogP contribution >= 0.6 is 15.9 Å². The van der Waals surface area contributed by atoms with Gasteiger partial charge in [-0.25, -0.2) is 0 Å². The molecule has 0 aliphatic carbocycles. The van der Waals surface area contributed by atoms with Crippen molar-refractivity contribution in [2.24, 2.45) is 5.73 Å². The molecule has 0 amide bonds. The monoisotopic (exact) mass is 352 g/mol. The van der Waals surface area contributed by atoms with Crippen molar-refractivity contribution in [1.29, 1.82) is 5.41 Å². The average molecular weight is 353 g/mol. The minimum atomic E-state index is 0.106. The van der Waals surface area contributed by atoms with Gasteiger partial charge in [-0.15, -0.1) is 0 Å². The van der Waals surface area contributed by atoms with E-state index < -0.39 is 0 Å². The summed E-state index contributed by atoms with van der Waals surface area (Å²) in [5, 5.41) is 7.50. The summed E-state index contributed by atoms with van der Waals surface area (Å²) in [4.78, 5) is 4.95. The predicted octanol–water partition coefficient (Wildman–Crippen LogP) is 1.64. The number of morpholine rings is 1. The molecule has 1 aromatic rings. The fraction of sp³-hybridized carbons (Fsp3) is 0.533. The van der Waals surface area contributed by atoms with Gasteiger partial charge in [-0.2, -0.15) is 0 Å². The van der Waals surface area contributed by atoms with Crippen LogP contribution in [0.2, 0.25) is 0 Å². The van der Waals surface area contributed by atoms with Gasteiger partial charge in [0.25, 0.3) is 0 Å². The van der Waals surface area contributed by atoms with E-state index in [2.05, 4.69) is 31.8 Å². The molecule has 114 valence electrons. The van der Waals surface area contributed by atoms with Crippen LogP contribution in [0.5, 0.6) is 0 Å². The Morgan fingerprint density at radius 2 is 2.05 bits per heavy atom. The van der Waals surface area contributed by atoms with Crippen LogP contribution in [0.1, 0.15) is 12.0 Å². The van der Waals surface area contributed by atoms with Gasteiger partial charge in [0.1, 0.15) is 5.84 Å². The number of ether oxygens (including phenoxy) is 1. The highest BCUT2D eigenvalue weighted by Crippen LogP contribution is 2.31. The number of amidine groups is 1. The lowest BCUT2D eigenvalue weighted by atomic mass is 10.2. The van der Waals surface area contributed by atoms with Crippen LogP contribution < -0.4 is 10.6 Å². The van der Waals surface area contributed by atoms with Crippen LogP contribution in [-0.2, 0) is 4.74 Å². The molecule has 1 aromatic carbocycles. The summed E-state index contributed by atoms with van der Waals surface area (Å²) in [5.74, 6) is 0.106. The molecule has 0 saturated carbocycles. The summed E-state index contributed by atoms with van der Waals surface area (Å²) < 4.78 is 6.44.